The first-order chi connectivity index (χ1) is 6.58. The zero-order valence-corrected chi connectivity index (χ0v) is 9.79. The number of urea groups is 1. The molecule has 3 nitrogen and oxygen atoms in total. The third-order valence-electron chi connectivity index (χ3n) is 2.23. The molecule has 0 spiro atoms. The Morgan fingerprint density at radius 2 is 1.86 bits per heavy atom. The highest BCUT2D eigenvalue weighted by Gasteiger charge is 2.19. The molecule has 0 atom stereocenters. The Morgan fingerprint density at radius 1 is 1.36 bits per heavy atom. The molecule has 0 radical (unpaired) electrons. The molecule has 0 aliphatic carbocycles. The van der Waals surface area contributed by atoms with Crippen molar-refractivity contribution in [2.75, 3.05) is 19.6 Å². The van der Waals surface area contributed by atoms with Gasteiger partial charge in [0, 0.05) is 25.7 Å². The van der Waals surface area contributed by atoms with Crippen molar-refractivity contribution < 1.29 is 4.79 Å². The first-order valence-electron chi connectivity index (χ1n) is 5.24. The summed E-state index contributed by atoms with van der Waals surface area (Å²) in [6.07, 6.45) is 1.77. The normalized spacial score (nSPS) is 10.1. The first kappa shape index (κ1) is 13.0. The van der Waals surface area contributed by atoms with Gasteiger partial charge in [-0.1, -0.05) is 6.08 Å². The summed E-state index contributed by atoms with van der Waals surface area (Å²) in [7, 11) is 0. The second-order valence-electron chi connectivity index (χ2n) is 3.49. The van der Waals surface area contributed by atoms with Gasteiger partial charge in [-0.2, -0.15) is 0 Å². The van der Waals surface area contributed by atoms with Gasteiger partial charge in [0.15, 0.2) is 0 Å². The smallest absolute Gasteiger partial charge is 0.320 e. The second kappa shape index (κ2) is 6.46. The molecule has 3 heteroatoms. The van der Waals surface area contributed by atoms with Crippen molar-refractivity contribution in [3.05, 3.63) is 12.7 Å². The molecule has 14 heavy (non-hydrogen) atoms. The highest BCUT2D eigenvalue weighted by molar-refractivity contribution is 5.74. The number of nitrogens with zero attached hydrogens (tertiary/aromatic N) is 2. The minimum atomic E-state index is 0.102. The van der Waals surface area contributed by atoms with Crippen LogP contribution in [0.15, 0.2) is 12.7 Å². The standard InChI is InChI=1S/C11H22N2O/c1-6-9-13(10(4)5)11(14)12(7-2)8-3/h6,10H,1,7-9H2,2-5H3. The largest absolute Gasteiger partial charge is 0.325 e. The molecular formula is C11H22N2O. The maximum atomic E-state index is 11.9. The molecule has 0 aliphatic rings. The van der Waals surface area contributed by atoms with E-state index in [4.69, 9.17) is 0 Å². The van der Waals surface area contributed by atoms with Crippen LogP contribution in [0.2, 0.25) is 0 Å². The van der Waals surface area contributed by atoms with E-state index in [1.165, 1.54) is 0 Å². The number of hydrogen-bond donors (Lipinski definition) is 0. The van der Waals surface area contributed by atoms with E-state index in [-0.39, 0.29) is 12.1 Å². The van der Waals surface area contributed by atoms with Crippen LogP contribution in [-0.2, 0) is 0 Å². The molecule has 0 fully saturated rings. The van der Waals surface area contributed by atoms with Gasteiger partial charge in [-0.15, -0.1) is 6.58 Å². The van der Waals surface area contributed by atoms with E-state index < -0.39 is 0 Å². The average molecular weight is 198 g/mol. The van der Waals surface area contributed by atoms with E-state index in [9.17, 15) is 4.79 Å². The van der Waals surface area contributed by atoms with Gasteiger partial charge in [0.1, 0.15) is 0 Å². The van der Waals surface area contributed by atoms with Crippen LogP contribution in [0, 0.1) is 0 Å². The lowest BCUT2D eigenvalue weighted by Gasteiger charge is -2.31. The molecule has 0 saturated heterocycles. The van der Waals surface area contributed by atoms with Crippen LogP contribution in [0.25, 0.3) is 0 Å². The molecule has 0 aromatic heterocycles. The average Bonchev–Trinajstić information content (AvgIpc) is 2.15. The summed E-state index contributed by atoms with van der Waals surface area (Å²) in [5, 5.41) is 0. The molecule has 0 rings (SSSR count). The predicted molar refractivity (Wildman–Crippen MR) is 60.4 cm³/mol. The van der Waals surface area contributed by atoms with E-state index >= 15 is 0 Å². The number of amides is 2. The Kier molecular flexibility index (Phi) is 6.00. The van der Waals surface area contributed by atoms with Gasteiger partial charge >= 0.3 is 6.03 Å². The van der Waals surface area contributed by atoms with Gasteiger partial charge in [-0.05, 0) is 27.7 Å². The Morgan fingerprint density at radius 3 is 2.14 bits per heavy atom. The van der Waals surface area contributed by atoms with Crippen molar-refractivity contribution in [3.63, 3.8) is 0 Å². The van der Waals surface area contributed by atoms with Crippen molar-refractivity contribution in [3.8, 4) is 0 Å². The van der Waals surface area contributed by atoms with Crippen LogP contribution in [0.1, 0.15) is 27.7 Å². The molecule has 0 N–H and O–H groups in total. The van der Waals surface area contributed by atoms with Crippen LogP contribution >= 0.6 is 0 Å². The molecular weight excluding hydrogens is 176 g/mol. The van der Waals surface area contributed by atoms with E-state index in [0.717, 1.165) is 13.1 Å². The van der Waals surface area contributed by atoms with Crippen LogP contribution in [0.5, 0.6) is 0 Å². The zero-order chi connectivity index (χ0) is 11.1. The Labute approximate surface area is 87.4 Å². The van der Waals surface area contributed by atoms with Crippen LogP contribution < -0.4 is 0 Å². The first-order valence-corrected chi connectivity index (χ1v) is 5.24. The summed E-state index contributed by atoms with van der Waals surface area (Å²) in [4.78, 5) is 15.6. The number of carbonyl (C=O) groups excluding carboxylic acids is 1. The van der Waals surface area contributed by atoms with Crippen LogP contribution in [0.3, 0.4) is 0 Å². The van der Waals surface area contributed by atoms with E-state index in [1.807, 2.05) is 37.5 Å². The molecule has 2 amide bonds. The van der Waals surface area contributed by atoms with Crippen molar-refractivity contribution >= 4 is 6.03 Å². The van der Waals surface area contributed by atoms with E-state index in [2.05, 4.69) is 6.58 Å². The van der Waals surface area contributed by atoms with Crippen LogP contribution in [-0.4, -0.2) is 41.5 Å². The number of hydrogen-bond acceptors (Lipinski definition) is 1. The van der Waals surface area contributed by atoms with Gasteiger partial charge in [0.05, 0.1) is 0 Å². The quantitative estimate of drug-likeness (QED) is 0.622. The SMILES string of the molecule is C=CCN(C(=O)N(CC)CC)C(C)C. The van der Waals surface area contributed by atoms with Gasteiger partial charge in [0.2, 0.25) is 0 Å². The van der Waals surface area contributed by atoms with Gasteiger partial charge in [0.25, 0.3) is 0 Å². The van der Waals surface area contributed by atoms with Crippen molar-refractivity contribution in [2.45, 2.75) is 33.7 Å². The fourth-order valence-corrected chi connectivity index (χ4v) is 1.32. The maximum absolute atomic E-state index is 11.9. The third kappa shape index (κ3) is 3.40. The molecule has 0 aromatic carbocycles. The zero-order valence-electron chi connectivity index (χ0n) is 9.79. The molecule has 0 heterocycles. The molecule has 0 aliphatic heterocycles. The lowest BCUT2D eigenvalue weighted by Crippen LogP contribution is -2.46. The monoisotopic (exact) mass is 198 g/mol. The predicted octanol–water partition coefficient (Wildman–Crippen LogP) is 2.34. The van der Waals surface area contributed by atoms with Crippen LogP contribution in [0.4, 0.5) is 4.79 Å². The fraction of sp³-hybridized carbons (Fsp3) is 0.727. The summed E-state index contributed by atoms with van der Waals surface area (Å²) in [5.41, 5.74) is 0. The maximum Gasteiger partial charge on any atom is 0.320 e. The minimum Gasteiger partial charge on any atom is -0.325 e. The highest BCUT2D eigenvalue weighted by Crippen LogP contribution is 2.04. The van der Waals surface area contributed by atoms with Crippen molar-refractivity contribution in [2.24, 2.45) is 0 Å². The molecule has 82 valence electrons. The highest BCUT2D eigenvalue weighted by atomic mass is 16.2. The van der Waals surface area contributed by atoms with Gasteiger partial charge < -0.3 is 9.80 Å². The van der Waals surface area contributed by atoms with Crippen molar-refractivity contribution in [1.82, 2.24) is 9.80 Å². The summed E-state index contributed by atoms with van der Waals surface area (Å²) in [6, 6.07) is 0.325. The minimum absolute atomic E-state index is 0.102. The lowest BCUT2D eigenvalue weighted by atomic mass is 10.3. The lowest BCUT2D eigenvalue weighted by molar-refractivity contribution is 0.150. The topological polar surface area (TPSA) is 23.6 Å². The van der Waals surface area contributed by atoms with Gasteiger partial charge in [-0.25, -0.2) is 4.79 Å². The fourth-order valence-electron chi connectivity index (χ4n) is 1.32. The summed E-state index contributed by atoms with van der Waals surface area (Å²) >= 11 is 0. The molecule has 0 saturated carbocycles. The number of carbonyl (C=O) groups is 1. The van der Waals surface area contributed by atoms with Gasteiger partial charge in [-0.3, -0.25) is 0 Å². The Hall–Kier alpha value is -0.990. The summed E-state index contributed by atoms with van der Waals surface area (Å²) < 4.78 is 0. The Balaban J connectivity index is 4.48. The molecule has 0 unspecified atom stereocenters. The van der Waals surface area contributed by atoms with E-state index in [0.29, 0.717) is 6.54 Å². The van der Waals surface area contributed by atoms with Crippen molar-refractivity contribution in [1.29, 1.82) is 0 Å². The number of rotatable bonds is 5. The van der Waals surface area contributed by atoms with E-state index in [1.54, 1.807) is 6.08 Å². The second-order valence-corrected chi connectivity index (χ2v) is 3.49. The molecule has 0 bridgehead atoms. The Bertz CT molecular complexity index is 186. The summed E-state index contributed by atoms with van der Waals surface area (Å²) in [6.45, 7) is 13.8. The molecule has 0 aromatic rings. The summed E-state index contributed by atoms with van der Waals surface area (Å²) in [5.74, 6) is 0. The third-order valence-corrected chi connectivity index (χ3v) is 2.23.